The summed E-state index contributed by atoms with van der Waals surface area (Å²) in [6.45, 7) is 5.26. The predicted molar refractivity (Wildman–Crippen MR) is 56.4 cm³/mol. The summed E-state index contributed by atoms with van der Waals surface area (Å²) in [6, 6.07) is 0. The van der Waals surface area contributed by atoms with Gasteiger partial charge in [0.05, 0.1) is 0 Å². The Hall–Kier alpha value is -1.19. The van der Waals surface area contributed by atoms with E-state index in [4.69, 9.17) is 0 Å². The van der Waals surface area contributed by atoms with E-state index in [2.05, 4.69) is 28.6 Å². The van der Waals surface area contributed by atoms with Crippen LogP contribution in [0.5, 0.6) is 0 Å². The molecule has 0 aromatic carbocycles. The largest absolute Gasteiger partial charge is 0.315 e. The molecule has 0 aliphatic carbocycles. The zero-order valence-corrected chi connectivity index (χ0v) is 9.31. The van der Waals surface area contributed by atoms with Crippen molar-refractivity contribution in [3.8, 4) is 0 Å². The number of carbonyl (C=O) groups is 1. The van der Waals surface area contributed by atoms with Crippen molar-refractivity contribution in [2.24, 2.45) is 11.8 Å². The average molecular weight is 207 g/mol. The lowest BCUT2D eigenvalue weighted by molar-refractivity contribution is -0.111. The highest BCUT2D eigenvalue weighted by atomic mass is 16.1. The summed E-state index contributed by atoms with van der Waals surface area (Å²) in [4.78, 5) is 10.7. The van der Waals surface area contributed by atoms with Gasteiger partial charge in [0.25, 0.3) is 0 Å². The van der Waals surface area contributed by atoms with Crippen molar-refractivity contribution >= 4 is 6.29 Å². The monoisotopic (exact) mass is 207 g/mol. The zero-order valence-electron chi connectivity index (χ0n) is 9.31. The second-order valence-electron chi connectivity index (χ2n) is 4.67. The number of carbonyl (C=O) groups excluding carboxylic acids is 1. The van der Waals surface area contributed by atoms with Crippen LogP contribution in [-0.2, 0) is 24.2 Å². The minimum Gasteiger partial charge on any atom is -0.315 e. The van der Waals surface area contributed by atoms with Gasteiger partial charge in [0.15, 0.2) is 0 Å². The van der Waals surface area contributed by atoms with Crippen LogP contribution in [0.15, 0.2) is 0 Å². The lowest BCUT2D eigenvalue weighted by Gasteiger charge is -2.19. The molecular weight excluding hydrogens is 190 g/mol. The zero-order chi connectivity index (χ0) is 10.8. The summed E-state index contributed by atoms with van der Waals surface area (Å²) < 4.78 is 2.18. The predicted octanol–water partition coefficient (Wildman–Crippen LogP) is 1.24. The van der Waals surface area contributed by atoms with Crippen LogP contribution < -0.4 is 0 Å². The number of aldehydes is 1. The molecule has 2 heterocycles. The molecular formula is C11H17N3O. The first-order valence-corrected chi connectivity index (χ1v) is 5.57. The summed E-state index contributed by atoms with van der Waals surface area (Å²) in [6.07, 6.45) is 3.70. The molecule has 4 heteroatoms. The number of hydrogen-bond acceptors (Lipinski definition) is 3. The van der Waals surface area contributed by atoms with Gasteiger partial charge < -0.3 is 9.36 Å². The van der Waals surface area contributed by atoms with E-state index in [0.29, 0.717) is 5.92 Å². The Morgan fingerprint density at radius 1 is 1.53 bits per heavy atom. The standard InChI is InChI=1S/C11H17N3O/c1-8(2)5-10-12-13-11-6-9(7-15)3-4-14(10)11/h7-9H,3-6H2,1-2H3. The molecule has 82 valence electrons. The molecule has 0 N–H and O–H groups in total. The summed E-state index contributed by atoms with van der Waals surface area (Å²) >= 11 is 0. The van der Waals surface area contributed by atoms with Crippen LogP contribution >= 0.6 is 0 Å². The second-order valence-corrected chi connectivity index (χ2v) is 4.67. The third kappa shape index (κ3) is 2.08. The molecule has 4 nitrogen and oxygen atoms in total. The lowest BCUT2D eigenvalue weighted by Crippen LogP contribution is -2.22. The molecule has 2 rings (SSSR count). The van der Waals surface area contributed by atoms with Crippen LogP contribution in [0.25, 0.3) is 0 Å². The maximum atomic E-state index is 10.7. The van der Waals surface area contributed by atoms with Crippen LogP contribution in [0.4, 0.5) is 0 Å². The smallest absolute Gasteiger partial charge is 0.133 e. The van der Waals surface area contributed by atoms with Gasteiger partial charge in [0.1, 0.15) is 17.9 Å². The van der Waals surface area contributed by atoms with E-state index >= 15 is 0 Å². The molecule has 0 saturated heterocycles. The highest BCUT2D eigenvalue weighted by molar-refractivity contribution is 5.54. The fraction of sp³-hybridized carbons (Fsp3) is 0.727. The Morgan fingerprint density at radius 2 is 2.33 bits per heavy atom. The third-order valence-electron chi connectivity index (χ3n) is 2.86. The third-order valence-corrected chi connectivity index (χ3v) is 2.86. The molecule has 1 aromatic heterocycles. The minimum absolute atomic E-state index is 0.147. The van der Waals surface area contributed by atoms with Gasteiger partial charge in [-0.05, 0) is 12.3 Å². The summed E-state index contributed by atoms with van der Waals surface area (Å²) in [5, 5.41) is 8.37. The first-order chi connectivity index (χ1) is 7.20. The van der Waals surface area contributed by atoms with Crippen LogP contribution in [0.2, 0.25) is 0 Å². The van der Waals surface area contributed by atoms with E-state index in [0.717, 1.165) is 43.7 Å². The van der Waals surface area contributed by atoms with E-state index in [9.17, 15) is 4.79 Å². The fourth-order valence-corrected chi connectivity index (χ4v) is 2.05. The quantitative estimate of drug-likeness (QED) is 0.700. The molecule has 1 unspecified atom stereocenters. The van der Waals surface area contributed by atoms with Crippen molar-refractivity contribution < 1.29 is 4.79 Å². The fourth-order valence-electron chi connectivity index (χ4n) is 2.05. The molecule has 0 saturated carbocycles. The van der Waals surface area contributed by atoms with Crippen LogP contribution in [-0.4, -0.2) is 21.1 Å². The van der Waals surface area contributed by atoms with E-state index < -0.39 is 0 Å². The van der Waals surface area contributed by atoms with Crippen molar-refractivity contribution in [2.45, 2.75) is 39.7 Å². The summed E-state index contributed by atoms with van der Waals surface area (Å²) in [7, 11) is 0. The molecule has 1 aliphatic heterocycles. The maximum Gasteiger partial charge on any atom is 0.133 e. The molecule has 0 spiro atoms. The first-order valence-electron chi connectivity index (χ1n) is 5.57. The second kappa shape index (κ2) is 4.13. The molecule has 1 aliphatic rings. The highest BCUT2D eigenvalue weighted by Crippen LogP contribution is 2.19. The number of aromatic nitrogens is 3. The first kappa shape index (κ1) is 10.3. The van der Waals surface area contributed by atoms with Gasteiger partial charge in [-0.1, -0.05) is 13.8 Å². The SMILES string of the molecule is CC(C)Cc1nnc2n1CCC(C=O)C2. The van der Waals surface area contributed by atoms with E-state index in [1.165, 1.54) is 0 Å². The van der Waals surface area contributed by atoms with Crippen molar-refractivity contribution in [1.29, 1.82) is 0 Å². The van der Waals surface area contributed by atoms with E-state index in [-0.39, 0.29) is 5.92 Å². The number of hydrogen-bond donors (Lipinski definition) is 0. The van der Waals surface area contributed by atoms with Gasteiger partial charge in [-0.3, -0.25) is 0 Å². The summed E-state index contributed by atoms with van der Waals surface area (Å²) in [5.74, 6) is 2.80. The molecule has 0 fully saturated rings. The Kier molecular flexibility index (Phi) is 2.84. The number of rotatable bonds is 3. The average Bonchev–Trinajstić information content (AvgIpc) is 2.60. The molecule has 15 heavy (non-hydrogen) atoms. The van der Waals surface area contributed by atoms with Gasteiger partial charge in [-0.15, -0.1) is 10.2 Å². The molecule has 0 bridgehead atoms. The van der Waals surface area contributed by atoms with Crippen LogP contribution in [0.1, 0.15) is 31.9 Å². The topological polar surface area (TPSA) is 47.8 Å². The lowest BCUT2D eigenvalue weighted by atomic mass is 9.99. The number of fused-ring (bicyclic) bond motifs is 1. The van der Waals surface area contributed by atoms with Crippen molar-refractivity contribution in [1.82, 2.24) is 14.8 Å². The van der Waals surface area contributed by atoms with Gasteiger partial charge >= 0.3 is 0 Å². The normalized spacial score (nSPS) is 20.3. The van der Waals surface area contributed by atoms with Gasteiger partial charge in [0.2, 0.25) is 0 Å². The summed E-state index contributed by atoms with van der Waals surface area (Å²) in [5.41, 5.74) is 0. The van der Waals surface area contributed by atoms with Crippen molar-refractivity contribution in [3.63, 3.8) is 0 Å². The van der Waals surface area contributed by atoms with Gasteiger partial charge in [-0.25, -0.2) is 0 Å². The van der Waals surface area contributed by atoms with Crippen LogP contribution in [0, 0.1) is 11.8 Å². The highest BCUT2D eigenvalue weighted by Gasteiger charge is 2.22. The Bertz CT molecular complexity index is 357. The van der Waals surface area contributed by atoms with Crippen molar-refractivity contribution in [2.75, 3.05) is 0 Å². The Labute approximate surface area is 89.7 Å². The van der Waals surface area contributed by atoms with Crippen molar-refractivity contribution in [3.05, 3.63) is 11.6 Å². The molecule has 0 radical (unpaired) electrons. The van der Waals surface area contributed by atoms with Gasteiger partial charge in [-0.2, -0.15) is 0 Å². The van der Waals surface area contributed by atoms with E-state index in [1.54, 1.807) is 0 Å². The molecule has 1 atom stereocenters. The van der Waals surface area contributed by atoms with Crippen LogP contribution in [0.3, 0.4) is 0 Å². The Balaban J connectivity index is 2.18. The molecule has 0 amide bonds. The Morgan fingerprint density at radius 3 is 3.00 bits per heavy atom. The van der Waals surface area contributed by atoms with Gasteiger partial charge in [0, 0.05) is 25.3 Å². The minimum atomic E-state index is 0.147. The van der Waals surface area contributed by atoms with E-state index in [1.807, 2.05) is 0 Å². The number of nitrogens with zero attached hydrogens (tertiary/aromatic N) is 3. The molecule has 1 aromatic rings. The maximum absolute atomic E-state index is 10.7.